The summed E-state index contributed by atoms with van der Waals surface area (Å²) in [6, 6.07) is 26.7. The van der Waals surface area contributed by atoms with Crippen LogP contribution < -0.4 is 0 Å². The summed E-state index contributed by atoms with van der Waals surface area (Å²) in [5.74, 6) is -1.17. The van der Waals surface area contributed by atoms with Crippen LogP contribution in [0.2, 0.25) is 0 Å². The van der Waals surface area contributed by atoms with Gasteiger partial charge in [0.25, 0.3) is 0 Å². The Bertz CT molecular complexity index is 1540. The van der Waals surface area contributed by atoms with Gasteiger partial charge in [-0.15, -0.1) is 0 Å². The third kappa shape index (κ3) is 3.65. The molecular formula is C29H22FNO3. The fraction of sp³-hybridized carbons (Fsp3) is 0.103. The Hall–Kier alpha value is -4.25. The first-order valence-electron chi connectivity index (χ1n) is 11.2. The zero-order valence-corrected chi connectivity index (χ0v) is 18.6. The lowest BCUT2D eigenvalue weighted by Crippen LogP contribution is -2.11. The van der Waals surface area contributed by atoms with Crippen LogP contribution in [0.1, 0.15) is 44.5 Å². The molecule has 0 unspecified atom stereocenters. The maximum absolute atomic E-state index is 14.7. The Morgan fingerprint density at radius 2 is 1.53 bits per heavy atom. The van der Waals surface area contributed by atoms with Gasteiger partial charge in [-0.2, -0.15) is 0 Å². The molecule has 0 aliphatic heterocycles. The number of esters is 1. The number of rotatable bonds is 6. The number of nitrogens with zero attached hydrogens (tertiary/aromatic N) is 1. The van der Waals surface area contributed by atoms with Crippen LogP contribution in [0.5, 0.6) is 0 Å². The van der Waals surface area contributed by atoms with E-state index in [1.54, 1.807) is 49.4 Å². The Labute approximate surface area is 196 Å². The lowest BCUT2D eigenvalue weighted by atomic mass is 9.96. The summed E-state index contributed by atoms with van der Waals surface area (Å²) in [7, 11) is 0. The van der Waals surface area contributed by atoms with Crippen LogP contribution in [-0.4, -0.2) is 22.8 Å². The second kappa shape index (κ2) is 8.94. The van der Waals surface area contributed by atoms with Crippen molar-refractivity contribution in [2.45, 2.75) is 13.3 Å². The highest BCUT2D eigenvalue weighted by Gasteiger charge is 2.30. The molecule has 0 amide bonds. The average Bonchev–Trinajstić information content (AvgIpc) is 3.20. The van der Waals surface area contributed by atoms with E-state index in [9.17, 15) is 14.0 Å². The molecule has 0 aliphatic carbocycles. The monoisotopic (exact) mass is 451 g/mol. The lowest BCUT2D eigenvalue weighted by molar-refractivity contribution is 0.0527. The zero-order chi connectivity index (χ0) is 23.7. The van der Waals surface area contributed by atoms with Gasteiger partial charge in [0, 0.05) is 17.5 Å². The molecule has 4 nitrogen and oxygen atoms in total. The number of halogens is 1. The summed E-state index contributed by atoms with van der Waals surface area (Å²) < 4.78 is 21.9. The molecule has 5 rings (SSSR count). The standard InChI is InChI=1S/C29H22FNO3/c1-2-34-29(33)26-22(18-21-13-6-8-14-23(21)30)27(28(32)20-11-4-3-5-12-20)31-24-15-9-7-10-19(24)16-17-25(26)31/h3-17H,2,18H2,1H3. The summed E-state index contributed by atoms with van der Waals surface area (Å²) in [6.45, 7) is 1.92. The predicted molar refractivity (Wildman–Crippen MR) is 130 cm³/mol. The molecule has 5 aromatic rings. The molecule has 0 saturated heterocycles. The first kappa shape index (κ1) is 21.6. The van der Waals surface area contributed by atoms with Crippen LogP contribution in [0.25, 0.3) is 16.4 Å². The minimum absolute atomic E-state index is 0.0741. The number of hydrogen-bond acceptors (Lipinski definition) is 3. The van der Waals surface area contributed by atoms with Crippen LogP contribution in [0.15, 0.2) is 91.0 Å². The molecule has 0 atom stereocenters. The van der Waals surface area contributed by atoms with Gasteiger partial charge in [-0.05, 0) is 36.1 Å². The number of hydrogen-bond donors (Lipinski definition) is 0. The largest absolute Gasteiger partial charge is 0.462 e. The first-order chi connectivity index (χ1) is 16.6. The van der Waals surface area contributed by atoms with Crippen molar-refractivity contribution in [3.8, 4) is 0 Å². The number of pyridine rings is 1. The molecule has 0 aliphatic rings. The fourth-order valence-electron chi connectivity index (χ4n) is 4.45. The van der Waals surface area contributed by atoms with Crippen LogP contribution in [-0.2, 0) is 11.2 Å². The highest BCUT2D eigenvalue weighted by Crippen LogP contribution is 2.33. The van der Waals surface area contributed by atoms with Crippen molar-refractivity contribution in [2.75, 3.05) is 6.61 Å². The molecule has 3 aromatic carbocycles. The van der Waals surface area contributed by atoms with Gasteiger partial charge in [-0.25, -0.2) is 9.18 Å². The van der Waals surface area contributed by atoms with E-state index in [0.717, 1.165) is 10.9 Å². The molecule has 168 valence electrons. The van der Waals surface area contributed by atoms with E-state index in [2.05, 4.69) is 0 Å². The van der Waals surface area contributed by atoms with Crippen LogP contribution >= 0.6 is 0 Å². The molecule has 0 N–H and O–H groups in total. The lowest BCUT2D eigenvalue weighted by Gasteiger charge is -2.10. The van der Waals surface area contributed by atoms with E-state index >= 15 is 0 Å². The van der Waals surface area contributed by atoms with Gasteiger partial charge in [-0.1, -0.05) is 72.8 Å². The van der Waals surface area contributed by atoms with Crippen molar-refractivity contribution in [2.24, 2.45) is 0 Å². The minimum atomic E-state index is -0.534. The Morgan fingerprint density at radius 1 is 0.824 bits per heavy atom. The van der Waals surface area contributed by atoms with Gasteiger partial charge >= 0.3 is 5.97 Å². The SMILES string of the molecule is CCOC(=O)c1c(Cc2ccccc2F)c(C(=O)c2ccccc2)n2c1ccc1ccccc12. The number of fused-ring (bicyclic) bond motifs is 3. The van der Waals surface area contributed by atoms with Crippen molar-refractivity contribution in [3.05, 3.63) is 125 Å². The highest BCUT2D eigenvalue weighted by atomic mass is 19.1. The number of aromatic nitrogens is 1. The van der Waals surface area contributed by atoms with E-state index in [0.29, 0.717) is 27.9 Å². The van der Waals surface area contributed by atoms with Crippen molar-refractivity contribution in [1.82, 2.24) is 4.40 Å². The van der Waals surface area contributed by atoms with Crippen molar-refractivity contribution in [3.63, 3.8) is 0 Å². The van der Waals surface area contributed by atoms with Gasteiger partial charge in [0.1, 0.15) is 5.82 Å². The number of carbonyl (C=O) groups is 2. The topological polar surface area (TPSA) is 47.8 Å². The van der Waals surface area contributed by atoms with E-state index in [-0.39, 0.29) is 24.4 Å². The number of benzene rings is 3. The predicted octanol–water partition coefficient (Wildman–Crippen LogP) is 6.23. The quantitative estimate of drug-likeness (QED) is 0.227. The Morgan fingerprint density at radius 3 is 2.29 bits per heavy atom. The van der Waals surface area contributed by atoms with Crippen molar-refractivity contribution >= 4 is 28.2 Å². The van der Waals surface area contributed by atoms with E-state index in [1.807, 2.05) is 46.9 Å². The number of carbonyl (C=O) groups excluding carboxylic acids is 2. The summed E-state index contributed by atoms with van der Waals surface area (Å²) in [5, 5.41) is 0.917. The molecular weight excluding hydrogens is 429 g/mol. The van der Waals surface area contributed by atoms with Gasteiger partial charge in [0.05, 0.1) is 28.9 Å². The molecule has 0 fully saturated rings. The maximum atomic E-state index is 14.7. The highest BCUT2D eigenvalue weighted by molar-refractivity contribution is 6.14. The molecule has 0 bridgehead atoms. The maximum Gasteiger partial charge on any atom is 0.340 e. The van der Waals surface area contributed by atoms with Crippen LogP contribution in [0.3, 0.4) is 0 Å². The average molecular weight is 451 g/mol. The smallest absolute Gasteiger partial charge is 0.340 e. The van der Waals surface area contributed by atoms with Gasteiger partial charge in [0.2, 0.25) is 5.78 Å². The zero-order valence-electron chi connectivity index (χ0n) is 18.6. The number of ether oxygens (including phenoxy) is 1. The van der Waals surface area contributed by atoms with Crippen molar-refractivity contribution in [1.29, 1.82) is 0 Å². The second-order valence-electron chi connectivity index (χ2n) is 8.00. The molecule has 0 radical (unpaired) electrons. The normalized spacial score (nSPS) is 11.1. The van der Waals surface area contributed by atoms with Crippen LogP contribution in [0, 0.1) is 5.82 Å². The molecule has 0 saturated carbocycles. The summed E-state index contributed by atoms with van der Waals surface area (Å²) in [4.78, 5) is 27.1. The molecule has 5 heteroatoms. The molecule has 2 heterocycles. The molecule has 0 spiro atoms. The van der Waals surface area contributed by atoms with E-state index < -0.39 is 11.8 Å². The van der Waals surface area contributed by atoms with Gasteiger partial charge in [-0.3, -0.25) is 4.79 Å². The third-order valence-electron chi connectivity index (χ3n) is 5.96. The first-order valence-corrected chi connectivity index (χ1v) is 11.2. The van der Waals surface area contributed by atoms with Crippen molar-refractivity contribution < 1.29 is 18.7 Å². The summed E-state index contributed by atoms with van der Waals surface area (Å²) >= 11 is 0. The number of ketones is 1. The third-order valence-corrected chi connectivity index (χ3v) is 5.96. The van der Waals surface area contributed by atoms with Gasteiger partial charge in [0.15, 0.2) is 0 Å². The minimum Gasteiger partial charge on any atom is -0.462 e. The summed E-state index contributed by atoms with van der Waals surface area (Å²) in [6.07, 6.45) is 0.0741. The Balaban J connectivity index is 1.90. The van der Waals surface area contributed by atoms with Crippen LogP contribution in [0.4, 0.5) is 4.39 Å². The fourth-order valence-corrected chi connectivity index (χ4v) is 4.45. The second-order valence-corrected chi connectivity index (χ2v) is 8.00. The summed E-state index contributed by atoms with van der Waals surface area (Å²) in [5.41, 5.74) is 3.30. The molecule has 2 aromatic heterocycles. The van der Waals surface area contributed by atoms with E-state index in [4.69, 9.17) is 4.74 Å². The number of para-hydroxylation sites is 1. The molecule has 34 heavy (non-hydrogen) atoms. The van der Waals surface area contributed by atoms with Gasteiger partial charge < -0.3 is 9.14 Å². The Kier molecular flexibility index (Phi) is 5.68. The van der Waals surface area contributed by atoms with E-state index in [1.165, 1.54) is 6.07 Å².